The zero-order chi connectivity index (χ0) is 16.8. The van der Waals surface area contributed by atoms with Gasteiger partial charge in [-0.05, 0) is 51.8 Å². The lowest BCUT2D eigenvalue weighted by Crippen LogP contribution is -2.39. The topological polar surface area (TPSA) is 59.7 Å². The number of hydrogen-bond acceptors (Lipinski definition) is 4. The van der Waals surface area contributed by atoms with E-state index in [0.717, 1.165) is 10.9 Å². The summed E-state index contributed by atoms with van der Waals surface area (Å²) in [6, 6.07) is 5.63. The molecule has 0 aliphatic carbocycles. The van der Waals surface area contributed by atoms with Crippen molar-refractivity contribution in [2.24, 2.45) is 0 Å². The van der Waals surface area contributed by atoms with E-state index in [9.17, 15) is 9.90 Å². The Morgan fingerprint density at radius 1 is 1.35 bits per heavy atom. The molecule has 2 aromatic rings. The summed E-state index contributed by atoms with van der Waals surface area (Å²) >= 11 is 0. The van der Waals surface area contributed by atoms with Crippen LogP contribution in [-0.4, -0.2) is 16.8 Å². The van der Waals surface area contributed by atoms with Gasteiger partial charge in [-0.15, -0.1) is 0 Å². The van der Waals surface area contributed by atoms with E-state index in [1.807, 2.05) is 32.1 Å². The molecule has 0 unspecified atom stereocenters. The Hall–Kier alpha value is -2.07. The van der Waals surface area contributed by atoms with Crippen LogP contribution in [0.1, 0.15) is 38.8 Å². The Morgan fingerprint density at radius 3 is 2.74 bits per heavy atom. The molecule has 122 valence electrons. The summed E-state index contributed by atoms with van der Waals surface area (Å²) in [7, 11) is 0. The Balaban J connectivity index is 2.02. The molecule has 0 fully saturated rings. The molecule has 4 nitrogen and oxygen atoms in total. The highest BCUT2D eigenvalue weighted by Crippen LogP contribution is 2.36. The number of aliphatic hydroxyl groups is 1. The van der Waals surface area contributed by atoms with Gasteiger partial charge in [0.1, 0.15) is 17.4 Å². The van der Waals surface area contributed by atoms with Gasteiger partial charge in [0.25, 0.3) is 0 Å². The molecule has 1 aromatic heterocycles. The molecule has 3 rings (SSSR count). The van der Waals surface area contributed by atoms with Gasteiger partial charge in [0.05, 0.1) is 5.60 Å². The summed E-state index contributed by atoms with van der Waals surface area (Å²) in [5.41, 5.74) is 2.14. The maximum atomic E-state index is 12.1. The number of benzene rings is 1. The summed E-state index contributed by atoms with van der Waals surface area (Å²) in [6.45, 7) is 7.48. The van der Waals surface area contributed by atoms with Crippen LogP contribution in [0.5, 0.6) is 5.75 Å². The van der Waals surface area contributed by atoms with Gasteiger partial charge in [-0.2, -0.15) is 0 Å². The van der Waals surface area contributed by atoms with Gasteiger partial charge in [0, 0.05) is 23.4 Å². The van der Waals surface area contributed by atoms with E-state index in [1.54, 1.807) is 19.9 Å². The second kappa shape index (κ2) is 5.53. The van der Waals surface area contributed by atoms with Crippen LogP contribution in [0.2, 0.25) is 0 Å². The number of hydrogen-bond donors (Lipinski definition) is 1. The molecule has 1 aliphatic rings. The predicted molar refractivity (Wildman–Crippen MR) is 90.0 cm³/mol. The number of allylic oxidation sites excluding steroid dienone is 2. The SMILES string of the molecule is CC(C)=CCc1cc2cc3c(cc2oc1=O)O[C@H](C(C)(C)O)C3. The lowest BCUT2D eigenvalue weighted by molar-refractivity contribution is -0.0229. The van der Waals surface area contributed by atoms with Gasteiger partial charge < -0.3 is 14.3 Å². The molecule has 0 bridgehead atoms. The summed E-state index contributed by atoms with van der Waals surface area (Å²) in [4.78, 5) is 12.1. The maximum Gasteiger partial charge on any atom is 0.339 e. The molecule has 23 heavy (non-hydrogen) atoms. The van der Waals surface area contributed by atoms with Crippen molar-refractivity contribution in [3.63, 3.8) is 0 Å². The van der Waals surface area contributed by atoms with Crippen molar-refractivity contribution in [3.05, 3.63) is 51.4 Å². The fourth-order valence-electron chi connectivity index (χ4n) is 2.75. The molecular formula is C19H22O4. The molecule has 1 aromatic carbocycles. The summed E-state index contributed by atoms with van der Waals surface area (Å²) in [5.74, 6) is 0.685. The van der Waals surface area contributed by atoms with Gasteiger partial charge >= 0.3 is 5.63 Å². The third kappa shape index (κ3) is 3.17. The van der Waals surface area contributed by atoms with Gasteiger partial charge in [0.15, 0.2) is 0 Å². The fraction of sp³-hybridized carbons (Fsp3) is 0.421. The Kier molecular flexibility index (Phi) is 3.80. The third-order valence-electron chi connectivity index (χ3n) is 4.18. The molecule has 0 radical (unpaired) electrons. The second-order valence-electron chi connectivity index (χ2n) is 7.01. The quantitative estimate of drug-likeness (QED) is 0.697. The van der Waals surface area contributed by atoms with E-state index in [-0.39, 0.29) is 11.7 Å². The normalized spacial score (nSPS) is 17.0. The highest BCUT2D eigenvalue weighted by atomic mass is 16.5. The molecule has 1 atom stereocenters. The van der Waals surface area contributed by atoms with Crippen LogP contribution < -0.4 is 10.4 Å². The van der Waals surface area contributed by atoms with Crippen LogP contribution in [-0.2, 0) is 12.8 Å². The highest BCUT2D eigenvalue weighted by molar-refractivity contribution is 5.80. The van der Waals surface area contributed by atoms with Gasteiger partial charge in [-0.3, -0.25) is 0 Å². The number of ether oxygens (including phenoxy) is 1. The predicted octanol–water partition coefficient (Wildman–Crippen LogP) is 3.38. The van der Waals surface area contributed by atoms with Crippen LogP contribution >= 0.6 is 0 Å². The van der Waals surface area contributed by atoms with Crippen molar-refractivity contribution in [2.45, 2.75) is 52.2 Å². The van der Waals surface area contributed by atoms with Gasteiger partial charge in [0.2, 0.25) is 0 Å². The van der Waals surface area contributed by atoms with Crippen LogP contribution in [0, 0.1) is 0 Å². The first kappa shape index (κ1) is 15.8. The van der Waals surface area contributed by atoms with Crippen molar-refractivity contribution >= 4 is 11.0 Å². The van der Waals surface area contributed by atoms with Crippen molar-refractivity contribution in [2.75, 3.05) is 0 Å². The summed E-state index contributed by atoms with van der Waals surface area (Å²) in [6.07, 6.45) is 2.95. The monoisotopic (exact) mass is 314 g/mol. The summed E-state index contributed by atoms with van der Waals surface area (Å²) in [5, 5.41) is 11.0. The second-order valence-corrected chi connectivity index (χ2v) is 7.01. The van der Waals surface area contributed by atoms with Crippen LogP contribution in [0.15, 0.2) is 39.1 Å². The van der Waals surface area contributed by atoms with Crippen LogP contribution in [0.3, 0.4) is 0 Å². The van der Waals surface area contributed by atoms with Crippen molar-refractivity contribution in [1.29, 1.82) is 0 Å². The van der Waals surface area contributed by atoms with E-state index < -0.39 is 5.60 Å². The Morgan fingerprint density at radius 2 is 2.09 bits per heavy atom. The Labute approximate surface area is 135 Å². The lowest BCUT2D eigenvalue weighted by atomic mass is 9.96. The van der Waals surface area contributed by atoms with E-state index >= 15 is 0 Å². The van der Waals surface area contributed by atoms with E-state index in [1.165, 1.54) is 5.57 Å². The first-order chi connectivity index (χ1) is 10.7. The van der Waals surface area contributed by atoms with Crippen LogP contribution in [0.25, 0.3) is 11.0 Å². The Bertz CT molecular complexity index is 833. The molecule has 1 aliphatic heterocycles. The first-order valence-electron chi connectivity index (χ1n) is 7.86. The lowest BCUT2D eigenvalue weighted by Gasteiger charge is -2.24. The minimum absolute atomic E-state index is 0.286. The minimum Gasteiger partial charge on any atom is -0.487 e. The zero-order valence-electron chi connectivity index (χ0n) is 14.0. The van der Waals surface area contributed by atoms with E-state index in [2.05, 4.69) is 0 Å². The highest BCUT2D eigenvalue weighted by Gasteiger charge is 2.35. The molecule has 0 amide bonds. The fourth-order valence-corrected chi connectivity index (χ4v) is 2.75. The van der Waals surface area contributed by atoms with Crippen molar-refractivity contribution < 1.29 is 14.3 Å². The smallest absolute Gasteiger partial charge is 0.339 e. The largest absolute Gasteiger partial charge is 0.487 e. The van der Waals surface area contributed by atoms with Crippen molar-refractivity contribution in [1.82, 2.24) is 0 Å². The van der Waals surface area contributed by atoms with Crippen molar-refractivity contribution in [3.8, 4) is 5.75 Å². The molecular weight excluding hydrogens is 292 g/mol. The molecule has 0 saturated heterocycles. The maximum absolute atomic E-state index is 12.1. The van der Waals surface area contributed by atoms with Gasteiger partial charge in [-0.1, -0.05) is 11.6 Å². The molecule has 0 saturated carbocycles. The summed E-state index contributed by atoms with van der Waals surface area (Å²) < 4.78 is 11.3. The van der Waals surface area contributed by atoms with E-state index in [4.69, 9.17) is 9.15 Å². The molecule has 0 spiro atoms. The standard InChI is InChI=1S/C19H22O4/c1-11(2)5-6-12-7-13-8-14-9-17(19(3,4)21)22-15(14)10-16(13)23-18(12)20/h5,7-8,10,17,21H,6,9H2,1-4H3/t17-/m0/s1. The molecule has 4 heteroatoms. The number of rotatable bonds is 3. The molecule has 2 heterocycles. The van der Waals surface area contributed by atoms with E-state index in [0.29, 0.717) is 29.7 Å². The zero-order valence-corrected chi connectivity index (χ0v) is 14.0. The average molecular weight is 314 g/mol. The first-order valence-corrected chi connectivity index (χ1v) is 7.86. The average Bonchev–Trinajstić information content (AvgIpc) is 2.85. The number of fused-ring (bicyclic) bond motifs is 2. The van der Waals surface area contributed by atoms with Gasteiger partial charge in [-0.25, -0.2) is 4.79 Å². The molecule has 1 N–H and O–H groups in total. The van der Waals surface area contributed by atoms with Crippen LogP contribution in [0.4, 0.5) is 0 Å². The minimum atomic E-state index is -0.916. The third-order valence-corrected chi connectivity index (χ3v) is 4.18.